The van der Waals surface area contributed by atoms with Crippen LogP contribution in [0.5, 0.6) is 0 Å². The van der Waals surface area contributed by atoms with Crippen LogP contribution in [0.2, 0.25) is 0 Å². The topological polar surface area (TPSA) is 56.2 Å². The van der Waals surface area contributed by atoms with Crippen LogP contribution >= 0.6 is 11.8 Å². The summed E-state index contributed by atoms with van der Waals surface area (Å²) in [4.78, 5) is 16.7. The van der Waals surface area contributed by atoms with Gasteiger partial charge >= 0.3 is 6.18 Å². The highest BCUT2D eigenvalue weighted by atomic mass is 32.2. The molecule has 1 unspecified atom stereocenters. The predicted octanol–water partition coefficient (Wildman–Crippen LogP) is 4.49. The second kappa shape index (κ2) is 9.32. The number of alkyl halides is 3. The van der Waals surface area contributed by atoms with Gasteiger partial charge in [0.05, 0.1) is 35.0 Å². The summed E-state index contributed by atoms with van der Waals surface area (Å²) < 4.78 is 46.8. The van der Waals surface area contributed by atoms with E-state index in [0.29, 0.717) is 23.8 Å². The van der Waals surface area contributed by atoms with Gasteiger partial charge in [-0.1, -0.05) is 42.1 Å². The molecule has 4 rings (SSSR count). The van der Waals surface area contributed by atoms with Gasteiger partial charge in [0.1, 0.15) is 0 Å². The third-order valence-corrected chi connectivity index (χ3v) is 6.08. The Bertz CT molecular complexity index is 1050. The second-order valence-corrected chi connectivity index (χ2v) is 8.34. The standard InChI is InChI=1S/C22H22F3N3O2S/c23-22(24,25)16-8-9-19-18(11-16)27-21(28(19)13-15-5-2-1-3-6-15)31-14-20(29)26-12-17-7-4-10-30-17/h1-3,5-6,8-9,11,17H,4,7,10,12-14H2,(H,26,29). The lowest BCUT2D eigenvalue weighted by atomic mass is 10.2. The summed E-state index contributed by atoms with van der Waals surface area (Å²) in [6, 6.07) is 13.2. The van der Waals surface area contributed by atoms with Crippen LogP contribution in [0.1, 0.15) is 24.0 Å². The van der Waals surface area contributed by atoms with Crippen molar-refractivity contribution in [2.24, 2.45) is 0 Å². The van der Waals surface area contributed by atoms with E-state index >= 15 is 0 Å². The Balaban J connectivity index is 1.54. The number of fused-ring (bicyclic) bond motifs is 1. The van der Waals surface area contributed by atoms with Crippen LogP contribution in [0, 0.1) is 0 Å². The number of aromatic nitrogens is 2. The number of halogens is 3. The summed E-state index contributed by atoms with van der Waals surface area (Å²) >= 11 is 1.21. The number of carbonyl (C=O) groups excluding carboxylic acids is 1. The number of imidazole rings is 1. The molecule has 1 atom stereocenters. The molecule has 1 aliphatic rings. The Morgan fingerprint density at radius 1 is 1.23 bits per heavy atom. The highest BCUT2D eigenvalue weighted by Gasteiger charge is 2.31. The van der Waals surface area contributed by atoms with Crippen LogP contribution in [0.15, 0.2) is 53.7 Å². The smallest absolute Gasteiger partial charge is 0.376 e. The summed E-state index contributed by atoms with van der Waals surface area (Å²) in [5.74, 6) is -0.0356. The third-order valence-electron chi connectivity index (χ3n) is 5.11. The van der Waals surface area contributed by atoms with Gasteiger partial charge in [-0.15, -0.1) is 0 Å². The van der Waals surface area contributed by atoms with Crippen molar-refractivity contribution in [2.75, 3.05) is 18.9 Å². The van der Waals surface area contributed by atoms with Crippen molar-refractivity contribution in [1.82, 2.24) is 14.9 Å². The van der Waals surface area contributed by atoms with Crippen LogP contribution in [0.4, 0.5) is 13.2 Å². The lowest BCUT2D eigenvalue weighted by Gasteiger charge is -2.11. The number of hydrogen-bond donors (Lipinski definition) is 1. The van der Waals surface area contributed by atoms with Gasteiger partial charge in [-0.25, -0.2) is 4.98 Å². The van der Waals surface area contributed by atoms with Crippen molar-refractivity contribution < 1.29 is 22.7 Å². The molecule has 1 fully saturated rings. The van der Waals surface area contributed by atoms with Gasteiger partial charge in [-0.2, -0.15) is 13.2 Å². The van der Waals surface area contributed by atoms with Gasteiger partial charge < -0.3 is 14.6 Å². The molecule has 1 aliphatic heterocycles. The normalized spacial score (nSPS) is 16.7. The highest BCUT2D eigenvalue weighted by molar-refractivity contribution is 7.99. The number of nitrogens with zero attached hydrogens (tertiary/aromatic N) is 2. The first kappa shape index (κ1) is 21.7. The number of ether oxygens (including phenoxy) is 1. The minimum absolute atomic E-state index is 0.0531. The molecule has 1 aromatic heterocycles. The molecule has 0 bridgehead atoms. The molecule has 31 heavy (non-hydrogen) atoms. The highest BCUT2D eigenvalue weighted by Crippen LogP contribution is 2.33. The van der Waals surface area contributed by atoms with Gasteiger partial charge in [0.15, 0.2) is 5.16 Å². The first-order valence-electron chi connectivity index (χ1n) is 10.0. The van der Waals surface area contributed by atoms with Crippen LogP contribution in [-0.4, -0.2) is 40.5 Å². The van der Waals surface area contributed by atoms with Crippen molar-refractivity contribution in [3.8, 4) is 0 Å². The molecule has 3 aromatic rings. The first-order chi connectivity index (χ1) is 14.9. The number of nitrogens with one attached hydrogen (secondary N) is 1. The number of thioether (sulfide) groups is 1. The summed E-state index contributed by atoms with van der Waals surface area (Å²) in [5.41, 5.74) is 1.11. The Labute approximate surface area is 182 Å². The maximum Gasteiger partial charge on any atom is 0.416 e. The summed E-state index contributed by atoms with van der Waals surface area (Å²) in [6.45, 7) is 1.63. The average molecular weight is 449 g/mol. The number of amides is 1. The summed E-state index contributed by atoms with van der Waals surface area (Å²) in [7, 11) is 0. The van der Waals surface area contributed by atoms with Gasteiger partial charge in [0.25, 0.3) is 0 Å². The van der Waals surface area contributed by atoms with Crippen molar-refractivity contribution in [3.05, 3.63) is 59.7 Å². The maximum atomic E-state index is 13.1. The number of rotatable bonds is 7. The molecule has 1 amide bonds. The van der Waals surface area contributed by atoms with E-state index in [1.54, 1.807) is 0 Å². The minimum atomic E-state index is -4.44. The zero-order chi connectivity index (χ0) is 21.8. The lowest BCUT2D eigenvalue weighted by molar-refractivity contribution is -0.137. The molecule has 2 heterocycles. The summed E-state index contributed by atoms with van der Waals surface area (Å²) in [6.07, 6.45) is -2.45. The largest absolute Gasteiger partial charge is 0.416 e. The van der Waals surface area contributed by atoms with Crippen LogP contribution in [0.25, 0.3) is 11.0 Å². The molecule has 5 nitrogen and oxygen atoms in total. The first-order valence-corrected chi connectivity index (χ1v) is 11.0. The van der Waals surface area contributed by atoms with Crippen LogP contribution in [0.3, 0.4) is 0 Å². The number of hydrogen-bond acceptors (Lipinski definition) is 4. The van der Waals surface area contributed by atoms with Crippen LogP contribution < -0.4 is 5.32 Å². The SMILES string of the molecule is O=C(CSc1nc2cc(C(F)(F)F)ccc2n1Cc1ccccc1)NCC1CCCO1. The zero-order valence-corrected chi connectivity index (χ0v) is 17.5. The Morgan fingerprint density at radius 2 is 2.03 bits per heavy atom. The molecule has 164 valence electrons. The molecule has 0 spiro atoms. The van der Waals surface area contributed by atoms with Gasteiger partial charge in [-0.3, -0.25) is 4.79 Å². The second-order valence-electron chi connectivity index (χ2n) is 7.40. The molecule has 0 aliphatic carbocycles. The van der Waals surface area contributed by atoms with E-state index < -0.39 is 11.7 Å². The van der Waals surface area contributed by atoms with E-state index in [0.717, 1.165) is 37.1 Å². The Morgan fingerprint density at radius 3 is 2.74 bits per heavy atom. The molecule has 2 aromatic carbocycles. The predicted molar refractivity (Wildman–Crippen MR) is 113 cm³/mol. The van der Waals surface area contributed by atoms with Gasteiger partial charge in [0, 0.05) is 13.2 Å². The van der Waals surface area contributed by atoms with Crippen molar-refractivity contribution in [1.29, 1.82) is 0 Å². The van der Waals surface area contributed by atoms with Crippen molar-refractivity contribution in [2.45, 2.75) is 36.8 Å². The van der Waals surface area contributed by atoms with Gasteiger partial charge in [0.2, 0.25) is 5.91 Å². The molecular weight excluding hydrogens is 427 g/mol. The Kier molecular flexibility index (Phi) is 6.52. The zero-order valence-electron chi connectivity index (χ0n) is 16.7. The van der Waals surface area contributed by atoms with E-state index in [-0.39, 0.29) is 23.3 Å². The fourth-order valence-corrected chi connectivity index (χ4v) is 4.37. The minimum Gasteiger partial charge on any atom is -0.376 e. The average Bonchev–Trinajstić information content (AvgIpc) is 3.39. The molecular formula is C22H22F3N3O2S. The molecule has 0 radical (unpaired) electrons. The van der Waals surface area contributed by atoms with Crippen molar-refractivity contribution >= 4 is 28.7 Å². The fourth-order valence-electron chi connectivity index (χ4n) is 3.53. The van der Waals surface area contributed by atoms with E-state index in [1.807, 2.05) is 34.9 Å². The monoisotopic (exact) mass is 449 g/mol. The molecule has 1 N–H and O–H groups in total. The van der Waals surface area contributed by atoms with E-state index in [1.165, 1.54) is 17.8 Å². The van der Waals surface area contributed by atoms with Crippen LogP contribution in [-0.2, 0) is 22.3 Å². The van der Waals surface area contributed by atoms with E-state index in [4.69, 9.17) is 4.74 Å². The van der Waals surface area contributed by atoms with E-state index in [2.05, 4.69) is 10.3 Å². The van der Waals surface area contributed by atoms with Gasteiger partial charge in [-0.05, 0) is 36.6 Å². The molecule has 1 saturated heterocycles. The van der Waals surface area contributed by atoms with E-state index in [9.17, 15) is 18.0 Å². The Hall–Kier alpha value is -2.52. The lowest BCUT2D eigenvalue weighted by Crippen LogP contribution is -2.32. The third kappa shape index (κ3) is 5.40. The number of benzene rings is 2. The summed E-state index contributed by atoms with van der Waals surface area (Å²) in [5, 5.41) is 3.36. The maximum absolute atomic E-state index is 13.1. The number of carbonyl (C=O) groups is 1. The quantitative estimate of drug-likeness (QED) is 0.540. The molecule has 9 heteroatoms. The van der Waals surface area contributed by atoms with Crippen molar-refractivity contribution in [3.63, 3.8) is 0 Å². The molecule has 0 saturated carbocycles. The fraction of sp³-hybridized carbons (Fsp3) is 0.364.